The average molecular weight is 430 g/mol. The molecule has 0 unspecified atom stereocenters. The van der Waals surface area contributed by atoms with E-state index < -0.39 is 34.0 Å². The number of nitrogens with zero attached hydrogens (tertiary/aromatic N) is 2. The number of benzene rings is 2. The lowest BCUT2D eigenvalue weighted by Gasteiger charge is -2.26. The summed E-state index contributed by atoms with van der Waals surface area (Å²) in [5.41, 5.74) is -0.0405. The minimum atomic E-state index is -0.980. The Kier molecular flexibility index (Phi) is 4.63. The quantitative estimate of drug-likeness (QED) is 0.343. The maximum atomic E-state index is 13.0. The van der Waals surface area contributed by atoms with Gasteiger partial charge in [-0.15, -0.1) is 0 Å². The van der Waals surface area contributed by atoms with Gasteiger partial charge in [0.25, 0.3) is 17.5 Å². The van der Waals surface area contributed by atoms with Crippen molar-refractivity contribution in [3.8, 4) is 11.5 Å². The van der Waals surface area contributed by atoms with Gasteiger partial charge in [0.1, 0.15) is 5.57 Å². The largest absolute Gasteiger partial charge is 0.454 e. The first-order valence-electron chi connectivity index (χ1n) is 8.52. The lowest BCUT2D eigenvalue weighted by Crippen LogP contribution is -2.54. The zero-order valence-corrected chi connectivity index (χ0v) is 16.1. The Morgan fingerprint density at radius 2 is 1.87 bits per heavy atom. The topological polar surface area (TPSA) is 128 Å². The molecule has 2 aromatic carbocycles. The maximum Gasteiger partial charge on any atom is 0.335 e. The third-order valence-electron chi connectivity index (χ3n) is 4.53. The Bertz CT molecular complexity index is 1170. The minimum Gasteiger partial charge on any atom is -0.454 e. The maximum absolute atomic E-state index is 13.0. The molecule has 10 nitrogen and oxygen atoms in total. The molecular formula is C19H12ClN3O7. The van der Waals surface area contributed by atoms with Crippen LogP contribution in [0.1, 0.15) is 11.1 Å². The number of carbonyl (C=O) groups is 3. The number of amides is 4. The van der Waals surface area contributed by atoms with Crippen molar-refractivity contribution in [2.75, 3.05) is 11.7 Å². The second kappa shape index (κ2) is 7.16. The van der Waals surface area contributed by atoms with E-state index in [9.17, 15) is 24.5 Å². The Labute approximate surface area is 173 Å². The molecule has 0 saturated carbocycles. The predicted molar refractivity (Wildman–Crippen MR) is 104 cm³/mol. The Morgan fingerprint density at radius 3 is 2.53 bits per heavy atom. The summed E-state index contributed by atoms with van der Waals surface area (Å²) in [6.07, 6.45) is 1.03. The summed E-state index contributed by atoms with van der Waals surface area (Å²) in [6.45, 7) is 1.64. The van der Waals surface area contributed by atoms with Crippen LogP contribution in [0.25, 0.3) is 6.08 Å². The first-order valence-corrected chi connectivity index (χ1v) is 8.89. The fourth-order valence-corrected chi connectivity index (χ4v) is 3.16. The molecular weight excluding hydrogens is 418 g/mol. The van der Waals surface area contributed by atoms with E-state index in [1.54, 1.807) is 13.0 Å². The highest BCUT2D eigenvalue weighted by molar-refractivity contribution is 6.39. The lowest BCUT2D eigenvalue weighted by atomic mass is 10.0. The Hall–Kier alpha value is -3.92. The number of nitro benzene ring substituents is 1. The molecule has 30 heavy (non-hydrogen) atoms. The van der Waals surface area contributed by atoms with Gasteiger partial charge in [0, 0.05) is 5.02 Å². The molecule has 0 spiro atoms. The van der Waals surface area contributed by atoms with Crippen LogP contribution in [0.3, 0.4) is 0 Å². The summed E-state index contributed by atoms with van der Waals surface area (Å²) in [4.78, 5) is 49.1. The number of urea groups is 1. The zero-order valence-electron chi connectivity index (χ0n) is 15.3. The van der Waals surface area contributed by atoms with E-state index in [-0.39, 0.29) is 29.5 Å². The van der Waals surface area contributed by atoms with Crippen molar-refractivity contribution in [1.29, 1.82) is 0 Å². The molecule has 0 aromatic heterocycles. The molecule has 1 saturated heterocycles. The molecule has 0 bridgehead atoms. The van der Waals surface area contributed by atoms with E-state index in [0.717, 1.165) is 22.6 Å². The van der Waals surface area contributed by atoms with E-state index in [1.807, 2.05) is 0 Å². The van der Waals surface area contributed by atoms with Gasteiger partial charge in [-0.1, -0.05) is 17.7 Å². The number of anilines is 1. The van der Waals surface area contributed by atoms with Gasteiger partial charge < -0.3 is 9.47 Å². The molecule has 4 amide bonds. The number of hydrogen-bond donors (Lipinski definition) is 1. The molecule has 4 rings (SSSR count). The number of aryl methyl sites for hydroxylation is 1. The highest BCUT2D eigenvalue weighted by Crippen LogP contribution is 2.39. The zero-order chi connectivity index (χ0) is 21.6. The fourth-order valence-electron chi connectivity index (χ4n) is 2.99. The second-order valence-corrected chi connectivity index (χ2v) is 6.82. The van der Waals surface area contributed by atoms with Crippen molar-refractivity contribution >= 4 is 46.9 Å². The summed E-state index contributed by atoms with van der Waals surface area (Å²) < 4.78 is 10.3. The van der Waals surface area contributed by atoms with Crippen molar-refractivity contribution in [3.63, 3.8) is 0 Å². The predicted octanol–water partition coefficient (Wildman–Crippen LogP) is 2.95. The number of hydrogen-bond acceptors (Lipinski definition) is 7. The molecule has 1 N–H and O–H groups in total. The van der Waals surface area contributed by atoms with E-state index in [4.69, 9.17) is 21.1 Å². The number of halogens is 1. The summed E-state index contributed by atoms with van der Waals surface area (Å²) in [5.74, 6) is -1.52. The molecule has 2 aliphatic heterocycles. The molecule has 0 aliphatic carbocycles. The highest BCUT2D eigenvalue weighted by atomic mass is 35.5. The Balaban J connectivity index is 1.80. The van der Waals surface area contributed by atoms with Crippen LogP contribution in [0.2, 0.25) is 5.02 Å². The van der Waals surface area contributed by atoms with Crippen molar-refractivity contribution in [2.45, 2.75) is 6.92 Å². The molecule has 0 atom stereocenters. The number of rotatable bonds is 3. The van der Waals surface area contributed by atoms with E-state index in [2.05, 4.69) is 5.32 Å². The SMILES string of the molecule is Cc1ccc(N2C(=O)NC(=O)/C(=C\c3cc4c(cc3[N+](=O)[O-])OCO4)C2=O)cc1Cl. The van der Waals surface area contributed by atoms with Gasteiger partial charge in [0.05, 0.1) is 22.2 Å². The number of imide groups is 2. The molecule has 2 heterocycles. The number of carbonyl (C=O) groups excluding carboxylic acids is 3. The lowest BCUT2D eigenvalue weighted by molar-refractivity contribution is -0.385. The number of fused-ring (bicyclic) bond motifs is 1. The van der Waals surface area contributed by atoms with Crippen LogP contribution in [-0.4, -0.2) is 29.6 Å². The Morgan fingerprint density at radius 1 is 1.17 bits per heavy atom. The molecule has 1 fully saturated rings. The smallest absolute Gasteiger partial charge is 0.335 e. The number of nitro groups is 1. The van der Waals surface area contributed by atoms with Gasteiger partial charge in [0.15, 0.2) is 11.5 Å². The highest BCUT2D eigenvalue weighted by Gasteiger charge is 2.37. The van der Waals surface area contributed by atoms with Crippen molar-refractivity contribution < 1.29 is 28.8 Å². The first-order chi connectivity index (χ1) is 14.3. The minimum absolute atomic E-state index is 0.0565. The van der Waals surface area contributed by atoms with E-state index >= 15 is 0 Å². The van der Waals surface area contributed by atoms with Crippen molar-refractivity contribution in [2.24, 2.45) is 0 Å². The van der Waals surface area contributed by atoms with Crippen LogP contribution in [0.15, 0.2) is 35.9 Å². The number of barbiturate groups is 1. The number of ether oxygens (including phenoxy) is 2. The van der Waals surface area contributed by atoms with Crippen molar-refractivity contribution in [3.05, 3.63) is 62.2 Å². The van der Waals surface area contributed by atoms with Gasteiger partial charge in [-0.2, -0.15) is 0 Å². The van der Waals surface area contributed by atoms with Crippen LogP contribution < -0.4 is 19.7 Å². The van der Waals surface area contributed by atoms with Gasteiger partial charge in [-0.25, -0.2) is 9.69 Å². The number of nitrogens with one attached hydrogen (secondary N) is 1. The molecule has 0 radical (unpaired) electrons. The molecule has 11 heteroatoms. The van der Waals surface area contributed by atoms with Crippen LogP contribution in [-0.2, 0) is 9.59 Å². The van der Waals surface area contributed by atoms with Gasteiger partial charge in [-0.05, 0) is 36.8 Å². The third-order valence-corrected chi connectivity index (χ3v) is 4.94. The monoisotopic (exact) mass is 429 g/mol. The van der Waals surface area contributed by atoms with Crippen LogP contribution in [0, 0.1) is 17.0 Å². The summed E-state index contributed by atoms with van der Waals surface area (Å²) in [6, 6.07) is 5.99. The summed E-state index contributed by atoms with van der Waals surface area (Å²) in [7, 11) is 0. The average Bonchev–Trinajstić information content (AvgIpc) is 3.14. The molecule has 2 aromatic rings. The van der Waals surface area contributed by atoms with Gasteiger partial charge in [0.2, 0.25) is 6.79 Å². The summed E-state index contributed by atoms with van der Waals surface area (Å²) in [5, 5.41) is 13.8. The first kappa shape index (κ1) is 19.4. The van der Waals surface area contributed by atoms with E-state index in [1.165, 1.54) is 18.2 Å². The fraction of sp³-hybridized carbons (Fsp3) is 0.105. The second-order valence-electron chi connectivity index (χ2n) is 6.41. The third kappa shape index (κ3) is 3.22. The van der Waals surface area contributed by atoms with Gasteiger partial charge >= 0.3 is 6.03 Å². The molecule has 152 valence electrons. The van der Waals surface area contributed by atoms with Crippen molar-refractivity contribution in [1.82, 2.24) is 5.32 Å². The van der Waals surface area contributed by atoms with Gasteiger partial charge in [-0.3, -0.25) is 25.0 Å². The van der Waals surface area contributed by atoms with E-state index in [0.29, 0.717) is 5.02 Å². The summed E-state index contributed by atoms with van der Waals surface area (Å²) >= 11 is 6.08. The van der Waals surface area contributed by atoms with Crippen LogP contribution >= 0.6 is 11.6 Å². The molecule has 2 aliphatic rings. The van der Waals surface area contributed by atoms with Crippen LogP contribution in [0.4, 0.5) is 16.2 Å². The standard InChI is InChI=1S/C19H12ClN3O7/c1-9-2-3-11(6-13(9)20)22-18(25)12(17(24)21-19(22)26)4-10-5-15-16(30-8-29-15)7-14(10)23(27)28/h2-7H,8H2,1H3,(H,21,24,26)/b12-4+. The van der Waals surface area contributed by atoms with Crippen LogP contribution in [0.5, 0.6) is 11.5 Å². The normalized spacial score (nSPS) is 16.8.